The number of carbonyl (C=O) groups is 2. The molecule has 4 heteroatoms. The molecule has 1 saturated heterocycles. The van der Waals surface area contributed by atoms with Gasteiger partial charge in [-0.1, -0.05) is 17.7 Å². The van der Waals surface area contributed by atoms with Crippen molar-refractivity contribution in [1.82, 2.24) is 4.90 Å². The summed E-state index contributed by atoms with van der Waals surface area (Å²) in [6.07, 6.45) is 2.37. The van der Waals surface area contributed by atoms with Crippen LogP contribution < -0.4 is 0 Å². The van der Waals surface area contributed by atoms with E-state index in [0.29, 0.717) is 6.54 Å². The molecule has 1 fully saturated rings. The smallest absolute Gasteiger partial charge is 0.223 e. The molecule has 0 aromatic heterocycles. The minimum absolute atomic E-state index is 0.0225. The molecule has 1 aliphatic heterocycles. The Morgan fingerprint density at radius 1 is 1.22 bits per heavy atom. The summed E-state index contributed by atoms with van der Waals surface area (Å²) < 4.78 is 0. The lowest BCUT2D eigenvalue weighted by Gasteiger charge is -2.37. The Morgan fingerprint density at radius 2 is 1.96 bits per heavy atom. The molecule has 0 spiro atoms. The molecule has 0 saturated carbocycles. The van der Waals surface area contributed by atoms with E-state index in [1.54, 1.807) is 0 Å². The third-order valence-electron chi connectivity index (χ3n) is 4.82. The van der Waals surface area contributed by atoms with Gasteiger partial charge in [0, 0.05) is 37.6 Å². The Morgan fingerprint density at radius 3 is 2.65 bits per heavy atom. The van der Waals surface area contributed by atoms with Crippen molar-refractivity contribution < 1.29 is 14.7 Å². The molecule has 126 valence electrons. The van der Waals surface area contributed by atoms with Crippen LogP contribution in [-0.4, -0.2) is 40.9 Å². The maximum absolute atomic E-state index is 12.4. The van der Waals surface area contributed by atoms with Gasteiger partial charge in [0.05, 0.1) is 0 Å². The van der Waals surface area contributed by atoms with Crippen molar-refractivity contribution in [3.05, 3.63) is 34.9 Å². The number of hydrogen-bond donors (Lipinski definition) is 1. The van der Waals surface area contributed by atoms with Gasteiger partial charge in [0.2, 0.25) is 5.91 Å². The zero-order valence-corrected chi connectivity index (χ0v) is 14.3. The molecule has 1 aromatic carbocycles. The number of rotatable bonds is 5. The Kier molecular flexibility index (Phi) is 5.94. The standard InChI is InChI=1S/C19H27NO3/c1-13-4-5-14(2)17(10-13)18(22)8-9-19(23)20-11-16(12-21)7-6-15(20)3/h4-5,10,15-16,21H,6-9,11-12H2,1-3H3. The number of nitrogens with zero attached hydrogens (tertiary/aromatic N) is 1. The first-order valence-corrected chi connectivity index (χ1v) is 8.43. The van der Waals surface area contributed by atoms with Crippen LogP contribution in [0.15, 0.2) is 18.2 Å². The van der Waals surface area contributed by atoms with Crippen LogP contribution in [0.3, 0.4) is 0 Å². The number of carbonyl (C=O) groups excluding carboxylic acids is 2. The zero-order chi connectivity index (χ0) is 17.0. The monoisotopic (exact) mass is 317 g/mol. The van der Waals surface area contributed by atoms with Gasteiger partial charge in [0.1, 0.15) is 0 Å². The summed E-state index contributed by atoms with van der Waals surface area (Å²) >= 11 is 0. The van der Waals surface area contributed by atoms with Gasteiger partial charge < -0.3 is 10.0 Å². The Labute approximate surface area is 138 Å². The van der Waals surface area contributed by atoms with Crippen LogP contribution >= 0.6 is 0 Å². The van der Waals surface area contributed by atoms with E-state index in [0.717, 1.165) is 29.5 Å². The van der Waals surface area contributed by atoms with Gasteiger partial charge in [-0.2, -0.15) is 0 Å². The zero-order valence-electron chi connectivity index (χ0n) is 14.3. The van der Waals surface area contributed by atoms with E-state index >= 15 is 0 Å². The summed E-state index contributed by atoms with van der Waals surface area (Å²) in [5.74, 6) is 0.224. The molecule has 2 rings (SSSR count). The van der Waals surface area contributed by atoms with Crippen molar-refractivity contribution in [1.29, 1.82) is 0 Å². The Balaban J connectivity index is 1.95. The second-order valence-corrected chi connectivity index (χ2v) is 6.76. The molecule has 1 heterocycles. The number of aryl methyl sites for hydroxylation is 2. The lowest BCUT2D eigenvalue weighted by atomic mass is 9.93. The van der Waals surface area contributed by atoms with Gasteiger partial charge in [-0.15, -0.1) is 0 Å². The van der Waals surface area contributed by atoms with Crippen molar-refractivity contribution in [2.75, 3.05) is 13.2 Å². The fourth-order valence-corrected chi connectivity index (χ4v) is 3.21. The molecule has 2 atom stereocenters. The predicted molar refractivity (Wildman–Crippen MR) is 90.5 cm³/mol. The summed E-state index contributed by atoms with van der Waals surface area (Å²) in [5.41, 5.74) is 2.73. The van der Waals surface area contributed by atoms with Crippen LogP contribution in [0.2, 0.25) is 0 Å². The third-order valence-corrected chi connectivity index (χ3v) is 4.82. The number of benzene rings is 1. The van der Waals surface area contributed by atoms with Crippen molar-refractivity contribution in [3.8, 4) is 0 Å². The predicted octanol–water partition coefficient (Wildman–Crippen LogP) is 2.89. The highest BCUT2D eigenvalue weighted by Crippen LogP contribution is 2.23. The number of aliphatic hydroxyl groups is 1. The fourth-order valence-electron chi connectivity index (χ4n) is 3.21. The van der Waals surface area contributed by atoms with Gasteiger partial charge in [0.15, 0.2) is 5.78 Å². The van der Waals surface area contributed by atoms with Gasteiger partial charge in [0.25, 0.3) is 0 Å². The average Bonchev–Trinajstić information content (AvgIpc) is 2.55. The maximum atomic E-state index is 12.4. The molecule has 2 unspecified atom stereocenters. The number of aliphatic hydroxyl groups excluding tert-OH is 1. The van der Waals surface area contributed by atoms with Gasteiger partial charge in [-0.3, -0.25) is 9.59 Å². The normalized spacial score (nSPS) is 21.3. The summed E-state index contributed by atoms with van der Waals surface area (Å²) in [6, 6.07) is 6.03. The molecule has 0 radical (unpaired) electrons. The van der Waals surface area contributed by atoms with E-state index in [-0.39, 0.29) is 43.1 Å². The Hall–Kier alpha value is -1.68. The molecule has 1 N–H and O–H groups in total. The van der Waals surface area contributed by atoms with Crippen molar-refractivity contribution in [2.24, 2.45) is 5.92 Å². The Bertz CT molecular complexity index is 582. The van der Waals surface area contributed by atoms with Gasteiger partial charge >= 0.3 is 0 Å². The fraction of sp³-hybridized carbons (Fsp3) is 0.579. The lowest BCUT2D eigenvalue weighted by Crippen LogP contribution is -2.46. The number of amides is 1. The second-order valence-electron chi connectivity index (χ2n) is 6.76. The SMILES string of the molecule is Cc1ccc(C)c(C(=O)CCC(=O)N2CC(CO)CCC2C)c1. The van der Waals surface area contributed by atoms with Crippen LogP contribution in [0, 0.1) is 19.8 Å². The summed E-state index contributed by atoms with van der Waals surface area (Å²) in [7, 11) is 0. The van der Waals surface area contributed by atoms with Crippen LogP contribution in [0.5, 0.6) is 0 Å². The van der Waals surface area contributed by atoms with Crippen molar-refractivity contribution in [2.45, 2.75) is 52.5 Å². The summed E-state index contributed by atoms with van der Waals surface area (Å²) in [6.45, 7) is 6.66. The van der Waals surface area contributed by atoms with E-state index in [2.05, 4.69) is 0 Å². The van der Waals surface area contributed by atoms with Gasteiger partial charge in [-0.25, -0.2) is 0 Å². The highest BCUT2D eigenvalue weighted by Gasteiger charge is 2.28. The number of Topliss-reactive ketones (excluding diaryl/α,β-unsaturated/α-hetero) is 1. The number of likely N-dealkylation sites (tertiary alicyclic amines) is 1. The van der Waals surface area contributed by atoms with Crippen molar-refractivity contribution in [3.63, 3.8) is 0 Å². The largest absolute Gasteiger partial charge is 0.396 e. The highest BCUT2D eigenvalue weighted by molar-refractivity contribution is 5.99. The van der Waals surface area contributed by atoms with E-state index in [1.165, 1.54) is 0 Å². The number of piperidine rings is 1. The molecule has 0 bridgehead atoms. The molecular weight excluding hydrogens is 290 g/mol. The lowest BCUT2D eigenvalue weighted by molar-refractivity contribution is -0.135. The summed E-state index contributed by atoms with van der Waals surface area (Å²) in [5, 5.41) is 9.31. The molecular formula is C19H27NO3. The minimum Gasteiger partial charge on any atom is -0.396 e. The van der Waals surface area contributed by atoms with Crippen LogP contribution in [0.1, 0.15) is 54.1 Å². The first kappa shape index (κ1) is 17.7. The number of ketones is 1. The van der Waals surface area contributed by atoms with E-state index in [9.17, 15) is 14.7 Å². The van der Waals surface area contributed by atoms with Crippen LogP contribution in [-0.2, 0) is 4.79 Å². The van der Waals surface area contributed by atoms with E-state index in [4.69, 9.17) is 0 Å². The van der Waals surface area contributed by atoms with Crippen molar-refractivity contribution >= 4 is 11.7 Å². The second kappa shape index (κ2) is 7.73. The first-order valence-electron chi connectivity index (χ1n) is 8.43. The molecule has 0 aliphatic carbocycles. The minimum atomic E-state index is 0.0225. The van der Waals surface area contributed by atoms with Crippen LogP contribution in [0.25, 0.3) is 0 Å². The maximum Gasteiger partial charge on any atom is 0.223 e. The first-order chi connectivity index (χ1) is 10.9. The quantitative estimate of drug-likeness (QED) is 0.850. The number of hydrogen-bond acceptors (Lipinski definition) is 3. The molecule has 1 aliphatic rings. The average molecular weight is 317 g/mol. The molecule has 1 aromatic rings. The van der Waals surface area contributed by atoms with Crippen LogP contribution in [0.4, 0.5) is 0 Å². The molecule has 1 amide bonds. The van der Waals surface area contributed by atoms with Gasteiger partial charge in [-0.05, 0) is 51.2 Å². The van der Waals surface area contributed by atoms with E-state index < -0.39 is 0 Å². The molecule has 23 heavy (non-hydrogen) atoms. The third kappa shape index (κ3) is 4.41. The molecule has 4 nitrogen and oxygen atoms in total. The topological polar surface area (TPSA) is 57.6 Å². The highest BCUT2D eigenvalue weighted by atomic mass is 16.3. The van der Waals surface area contributed by atoms with E-state index in [1.807, 2.05) is 43.9 Å². The summed E-state index contributed by atoms with van der Waals surface area (Å²) in [4.78, 5) is 26.7.